The van der Waals surface area contributed by atoms with Gasteiger partial charge in [0, 0.05) is 29.8 Å². The number of ether oxygens (including phenoxy) is 2. The van der Waals surface area contributed by atoms with Crippen LogP contribution in [-0.2, 0) is 6.61 Å². The number of nitrogens with two attached hydrogens (primary N) is 2. The summed E-state index contributed by atoms with van der Waals surface area (Å²) in [5.74, 6) is 1.06. The second-order valence-electron chi connectivity index (χ2n) is 6.80. The van der Waals surface area contributed by atoms with E-state index in [1.807, 2.05) is 6.07 Å². The Labute approximate surface area is 167 Å². The zero-order valence-electron chi connectivity index (χ0n) is 15.7. The van der Waals surface area contributed by atoms with Crippen LogP contribution in [0.15, 0.2) is 54.9 Å². The number of fused-ring (bicyclic) bond motifs is 1. The Balaban J connectivity index is 1.77. The van der Waals surface area contributed by atoms with Crippen molar-refractivity contribution in [2.75, 3.05) is 12.3 Å². The molecule has 148 valence electrons. The van der Waals surface area contributed by atoms with Crippen LogP contribution in [0.4, 0.5) is 5.69 Å². The van der Waals surface area contributed by atoms with Gasteiger partial charge in [-0.05, 0) is 29.3 Å². The molecule has 7 nitrogen and oxygen atoms in total. The van der Waals surface area contributed by atoms with Crippen molar-refractivity contribution in [1.29, 1.82) is 0 Å². The highest BCUT2D eigenvalue weighted by atomic mass is 16.5. The quantitative estimate of drug-likeness (QED) is 0.572. The standard InChI is InChI=1S/C22H21N3O4/c23-18-11-25-6-4-15(18)12-29-20-10-21-17(19(26)5-7-28-21)9-16(20)13-2-1-3-14(8-13)22(24)27/h1-4,6,8-11,22,27H,5,7,12,23-24H2. The minimum Gasteiger partial charge on any atom is -0.492 e. The number of rotatable bonds is 5. The molecule has 0 fully saturated rings. The van der Waals surface area contributed by atoms with Crippen LogP contribution in [0.2, 0.25) is 0 Å². The first-order valence-corrected chi connectivity index (χ1v) is 9.22. The molecule has 29 heavy (non-hydrogen) atoms. The first-order chi connectivity index (χ1) is 14.0. The molecule has 0 bridgehead atoms. The molecule has 0 radical (unpaired) electrons. The summed E-state index contributed by atoms with van der Waals surface area (Å²) in [6.45, 7) is 0.573. The SMILES string of the molecule is Nc1cnccc1COc1cc2c(cc1-c1cccc(C(N)O)c1)C(=O)CCO2. The van der Waals surface area contributed by atoms with E-state index in [0.717, 1.165) is 11.1 Å². The largest absolute Gasteiger partial charge is 0.492 e. The molecule has 0 aliphatic carbocycles. The van der Waals surface area contributed by atoms with Crippen molar-refractivity contribution in [3.05, 3.63) is 71.5 Å². The molecule has 4 rings (SSSR count). The molecule has 1 aromatic heterocycles. The summed E-state index contributed by atoms with van der Waals surface area (Å²) >= 11 is 0. The van der Waals surface area contributed by atoms with Gasteiger partial charge in [0.1, 0.15) is 24.3 Å². The van der Waals surface area contributed by atoms with Crippen LogP contribution < -0.4 is 20.9 Å². The van der Waals surface area contributed by atoms with Crippen LogP contribution in [0, 0.1) is 0 Å². The number of carbonyl (C=O) groups excluding carboxylic acids is 1. The molecule has 1 atom stereocenters. The number of anilines is 1. The molecule has 0 amide bonds. The summed E-state index contributed by atoms with van der Waals surface area (Å²) in [6, 6.07) is 12.5. The van der Waals surface area contributed by atoms with Crippen LogP contribution in [-0.4, -0.2) is 22.5 Å². The van der Waals surface area contributed by atoms with E-state index in [2.05, 4.69) is 4.98 Å². The maximum absolute atomic E-state index is 12.4. The van der Waals surface area contributed by atoms with E-state index in [1.54, 1.807) is 48.8 Å². The molecule has 1 aliphatic rings. The van der Waals surface area contributed by atoms with E-state index in [1.165, 1.54) is 0 Å². The van der Waals surface area contributed by atoms with E-state index < -0.39 is 6.23 Å². The van der Waals surface area contributed by atoms with E-state index in [0.29, 0.717) is 46.9 Å². The lowest BCUT2D eigenvalue weighted by molar-refractivity contribution is 0.0933. The number of benzene rings is 2. The van der Waals surface area contributed by atoms with Crippen molar-refractivity contribution >= 4 is 11.5 Å². The summed E-state index contributed by atoms with van der Waals surface area (Å²) in [6.07, 6.45) is 2.46. The van der Waals surface area contributed by atoms with Crippen LogP contribution in [0.3, 0.4) is 0 Å². The first-order valence-electron chi connectivity index (χ1n) is 9.22. The maximum atomic E-state index is 12.4. The first kappa shape index (κ1) is 18.9. The lowest BCUT2D eigenvalue weighted by Gasteiger charge is -2.21. The second-order valence-corrected chi connectivity index (χ2v) is 6.80. The number of aromatic nitrogens is 1. The Hall–Kier alpha value is -3.42. The van der Waals surface area contributed by atoms with Crippen LogP contribution in [0.1, 0.15) is 34.1 Å². The second kappa shape index (κ2) is 7.90. The fourth-order valence-electron chi connectivity index (χ4n) is 3.24. The minimum atomic E-state index is -1.10. The monoisotopic (exact) mass is 391 g/mol. The maximum Gasteiger partial charge on any atom is 0.170 e. The van der Waals surface area contributed by atoms with Gasteiger partial charge in [-0.15, -0.1) is 0 Å². The number of nitrogens with zero attached hydrogens (tertiary/aromatic N) is 1. The Morgan fingerprint density at radius 1 is 1.21 bits per heavy atom. The molecule has 1 aliphatic heterocycles. The summed E-state index contributed by atoms with van der Waals surface area (Å²) in [5, 5.41) is 9.73. The van der Waals surface area contributed by atoms with Crippen molar-refractivity contribution in [2.24, 2.45) is 5.73 Å². The third-order valence-electron chi connectivity index (χ3n) is 4.84. The van der Waals surface area contributed by atoms with Gasteiger partial charge in [-0.2, -0.15) is 0 Å². The van der Waals surface area contributed by atoms with Gasteiger partial charge in [0.2, 0.25) is 0 Å². The van der Waals surface area contributed by atoms with Crippen molar-refractivity contribution in [1.82, 2.24) is 4.98 Å². The molecule has 7 heteroatoms. The highest BCUT2D eigenvalue weighted by Gasteiger charge is 2.22. The number of aliphatic hydroxyl groups excluding tert-OH is 1. The molecule has 5 N–H and O–H groups in total. The van der Waals surface area contributed by atoms with E-state index in [4.69, 9.17) is 20.9 Å². The number of carbonyl (C=O) groups is 1. The highest BCUT2D eigenvalue weighted by Crippen LogP contribution is 2.39. The van der Waals surface area contributed by atoms with Crippen molar-refractivity contribution in [2.45, 2.75) is 19.3 Å². The molecule has 0 spiro atoms. The van der Waals surface area contributed by atoms with Gasteiger partial charge in [0.15, 0.2) is 5.78 Å². The normalized spacial score (nSPS) is 14.1. The Kier molecular flexibility index (Phi) is 5.16. The number of Topliss-reactive ketones (excluding diaryl/α,β-unsaturated/α-hetero) is 1. The number of hydrogen-bond donors (Lipinski definition) is 3. The molecular formula is C22H21N3O4. The zero-order chi connectivity index (χ0) is 20.4. The van der Waals surface area contributed by atoms with Crippen molar-refractivity contribution < 1.29 is 19.4 Å². The summed E-state index contributed by atoms with van der Waals surface area (Å²) < 4.78 is 11.7. The fourth-order valence-corrected chi connectivity index (χ4v) is 3.24. The number of aliphatic hydroxyl groups is 1. The highest BCUT2D eigenvalue weighted by molar-refractivity contribution is 6.01. The lowest BCUT2D eigenvalue weighted by atomic mass is 9.96. The smallest absolute Gasteiger partial charge is 0.170 e. The Morgan fingerprint density at radius 3 is 2.86 bits per heavy atom. The fraction of sp³-hybridized carbons (Fsp3) is 0.182. The van der Waals surface area contributed by atoms with Crippen LogP contribution in [0.25, 0.3) is 11.1 Å². The van der Waals surface area contributed by atoms with E-state index >= 15 is 0 Å². The molecule has 2 aromatic carbocycles. The average molecular weight is 391 g/mol. The summed E-state index contributed by atoms with van der Waals surface area (Å²) in [5.41, 5.74) is 15.5. The predicted octanol–water partition coefficient (Wildman–Crippen LogP) is 2.82. The third-order valence-corrected chi connectivity index (χ3v) is 4.84. The molecule has 0 saturated carbocycles. The Bertz CT molecular complexity index is 1070. The van der Waals surface area contributed by atoms with Crippen molar-refractivity contribution in [3.8, 4) is 22.6 Å². The molecule has 3 aromatic rings. The summed E-state index contributed by atoms with van der Waals surface area (Å²) in [7, 11) is 0. The van der Waals surface area contributed by atoms with Gasteiger partial charge in [0.25, 0.3) is 0 Å². The Morgan fingerprint density at radius 2 is 2.07 bits per heavy atom. The molecule has 1 unspecified atom stereocenters. The molecule has 0 saturated heterocycles. The summed E-state index contributed by atoms with van der Waals surface area (Å²) in [4.78, 5) is 16.4. The van der Waals surface area contributed by atoms with Crippen LogP contribution >= 0.6 is 0 Å². The molecule has 2 heterocycles. The van der Waals surface area contributed by atoms with Gasteiger partial charge >= 0.3 is 0 Å². The van der Waals surface area contributed by atoms with Gasteiger partial charge in [-0.3, -0.25) is 9.78 Å². The minimum absolute atomic E-state index is 0.0208. The number of pyridine rings is 1. The lowest BCUT2D eigenvalue weighted by Crippen LogP contribution is -2.15. The van der Waals surface area contributed by atoms with Gasteiger partial charge in [-0.25, -0.2) is 0 Å². The number of ketones is 1. The number of nitrogen functional groups attached to an aromatic ring is 1. The average Bonchev–Trinajstić information content (AvgIpc) is 2.73. The zero-order valence-corrected chi connectivity index (χ0v) is 15.7. The van der Waals surface area contributed by atoms with E-state index in [-0.39, 0.29) is 12.4 Å². The van der Waals surface area contributed by atoms with Gasteiger partial charge in [-0.1, -0.05) is 18.2 Å². The van der Waals surface area contributed by atoms with Gasteiger partial charge < -0.3 is 26.0 Å². The van der Waals surface area contributed by atoms with E-state index in [9.17, 15) is 9.90 Å². The van der Waals surface area contributed by atoms with Crippen LogP contribution in [0.5, 0.6) is 11.5 Å². The molecular weight excluding hydrogens is 370 g/mol. The third kappa shape index (κ3) is 3.91. The topological polar surface area (TPSA) is 121 Å². The number of hydrogen-bond acceptors (Lipinski definition) is 7. The van der Waals surface area contributed by atoms with Crippen molar-refractivity contribution in [3.63, 3.8) is 0 Å². The van der Waals surface area contributed by atoms with Gasteiger partial charge in [0.05, 0.1) is 24.1 Å². The predicted molar refractivity (Wildman–Crippen MR) is 108 cm³/mol.